The predicted octanol–water partition coefficient (Wildman–Crippen LogP) is 4.18. The Hall–Kier alpha value is -1.71. The SMILES string of the molecule is CCCc1ccc(-c2c(C(C)C)cnn2CC)c(F)n1. The van der Waals surface area contributed by atoms with Crippen molar-refractivity contribution in [3.63, 3.8) is 0 Å². The molecule has 0 spiro atoms. The maximum Gasteiger partial charge on any atom is 0.222 e. The molecule has 0 unspecified atom stereocenters. The van der Waals surface area contributed by atoms with Crippen LogP contribution in [-0.4, -0.2) is 14.8 Å². The summed E-state index contributed by atoms with van der Waals surface area (Å²) in [5.41, 5.74) is 3.28. The Morgan fingerprint density at radius 3 is 2.55 bits per heavy atom. The normalized spacial score (nSPS) is 11.3. The molecule has 2 rings (SSSR count). The van der Waals surface area contributed by atoms with Gasteiger partial charge in [-0.3, -0.25) is 4.68 Å². The van der Waals surface area contributed by atoms with Gasteiger partial charge in [-0.1, -0.05) is 27.2 Å². The van der Waals surface area contributed by atoms with E-state index in [-0.39, 0.29) is 0 Å². The lowest BCUT2D eigenvalue weighted by atomic mass is 10.00. The van der Waals surface area contributed by atoms with Crippen LogP contribution in [0.15, 0.2) is 18.3 Å². The second-order valence-electron chi connectivity index (χ2n) is 5.31. The van der Waals surface area contributed by atoms with Gasteiger partial charge in [0.1, 0.15) is 0 Å². The van der Waals surface area contributed by atoms with E-state index in [0.717, 1.165) is 36.3 Å². The van der Waals surface area contributed by atoms with E-state index >= 15 is 0 Å². The molecule has 0 N–H and O–H groups in total. The van der Waals surface area contributed by atoms with Gasteiger partial charge >= 0.3 is 0 Å². The molecule has 0 aliphatic carbocycles. The molecule has 0 aromatic carbocycles. The van der Waals surface area contributed by atoms with Crippen molar-refractivity contribution in [1.82, 2.24) is 14.8 Å². The first-order valence-electron chi connectivity index (χ1n) is 7.29. The van der Waals surface area contributed by atoms with E-state index in [1.54, 1.807) is 0 Å². The van der Waals surface area contributed by atoms with Crippen molar-refractivity contribution in [2.45, 2.75) is 53.0 Å². The number of pyridine rings is 1. The summed E-state index contributed by atoms with van der Waals surface area (Å²) in [5, 5.41) is 4.35. The zero-order valence-corrected chi connectivity index (χ0v) is 12.7. The summed E-state index contributed by atoms with van der Waals surface area (Å²) in [6, 6.07) is 3.75. The van der Waals surface area contributed by atoms with Crippen LogP contribution in [0.3, 0.4) is 0 Å². The minimum atomic E-state index is -0.395. The van der Waals surface area contributed by atoms with E-state index in [2.05, 4.69) is 30.9 Å². The van der Waals surface area contributed by atoms with Crippen LogP contribution in [0, 0.1) is 5.95 Å². The van der Waals surface area contributed by atoms with Gasteiger partial charge in [-0.25, -0.2) is 4.98 Å². The minimum absolute atomic E-state index is 0.306. The molecule has 0 saturated carbocycles. The zero-order chi connectivity index (χ0) is 14.7. The highest BCUT2D eigenvalue weighted by Gasteiger charge is 2.18. The minimum Gasteiger partial charge on any atom is -0.265 e. The smallest absolute Gasteiger partial charge is 0.222 e. The fourth-order valence-corrected chi connectivity index (χ4v) is 2.40. The van der Waals surface area contributed by atoms with Crippen LogP contribution in [0.5, 0.6) is 0 Å². The Labute approximate surface area is 119 Å². The molecular weight excluding hydrogens is 253 g/mol. The number of halogens is 1. The third-order valence-corrected chi connectivity index (χ3v) is 3.46. The average Bonchev–Trinajstić information content (AvgIpc) is 2.83. The molecule has 0 aliphatic heterocycles. The first kappa shape index (κ1) is 14.7. The molecule has 4 heteroatoms. The van der Waals surface area contributed by atoms with Crippen LogP contribution in [0.1, 0.15) is 51.3 Å². The number of hydrogen-bond donors (Lipinski definition) is 0. The third-order valence-electron chi connectivity index (χ3n) is 3.46. The van der Waals surface area contributed by atoms with Gasteiger partial charge in [-0.05, 0) is 31.4 Å². The molecule has 20 heavy (non-hydrogen) atoms. The van der Waals surface area contributed by atoms with Crippen LogP contribution in [0.4, 0.5) is 4.39 Å². The summed E-state index contributed by atoms with van der Waals surface area (Å²) >= 11 is 0. The van der Waals surface area contributed by atoms with E-state index < -0.39 is 5.95 Å². The molecule has 0 atom stereocenters. The molecule has 0 amide bonds. The lowest BCUT2D eigenvalue weighted by Crippen LogP contribution is -2.04. The molecule has 0 bridgehead atoms. The molecule has 2 heterocycles. The van der Waals surface area contributed by atoms with Crippen LogP contribution >= 0.6 is 0 Å². The highest BCUT2D eigenvalue weighted by molar-refractivity contribution is 5.64. The lowest BCUT2D eigenvalue weighted by molar-refractivity contribution is 0.574. The van der Waals surface area contributed by atoms with E-state index in [4.69, 9.17) is 0 Å². The standard InChI is InChI=1S/C16H22FN3/c1-5-7-12-8-9-13(16(17)19-12)15-14(11(3)4)10-18-20(15)6-2/h8-11H,5-7H2,1-4H3. The Morgan fingerprint density at radius 1 is 1.25 bits per heavy atom. The van der Waals surface area contributed by atoms with Crippen LogP contribution in [0.25, 0.3) is 11.3 Å². The van der Waals surface area contributed by atoms with Gasteiger partial charge < -0.3 is 0 Å². The van der Waals surface area contributed by atoms with Crippen molar-refractivity contribution in [2.75, 3.05) is 0 Å². The average molecular weight is 275 g/mol. The number of rotatable bonds is 5. The first-order valence-corrected chi connectivity index (χ1v) is 7.29. The van der Waals surface area contributed by atoms with E-state index in [1.807, 2.05) is 29.9 Å². The van der Waals surface area contributed by atoms with E-state index in [1.165, 1.54) is 0 Å². The molecule has 2 aromatic rings. The number of nitrogens with zero attached hydrogens (tertiary/aromatic N) is 3. The van der Waals surface area contributed by atoms with Crippen molar-refractivity contribution < 1.29 is 4.39 Å². The number of aryl methyl sites for hydroxylation is 2. The van der Waals surface area contributed by atoms with Gasteiger partial charge in [-0.15, -0.1) is 0 Å². The van der Waals surface area contributed by atoms with Gasteiger partial charge in [0.15, 0.2) is 0 Å². The Balaban J connectivity index is 2.53. The van der Waals surface area contributed by atoms with E-state index in [9.17, 15) is 4.39 Å². The summed E-state index contributed by atoms with van der Waals surface area (Å²) in [7, 11) is 0. The summed E-state index contributed by atoms with van der Waals surface area (Å²) in [6.45, 7) is 8.99. The Bertz CT molecular complexity index is 587. The Kier molecular flexibility index (Phi) is 4.53. The van der Waals surface area contributed by atoms with E-state index in [0.29, 0.717) is 11.5 Å². The second kappa shape index (κ2) is 6.16. The molecule has 0 radical (unpaired) electrons. The maximum atomic E-state index is 14.3. The van der Waals surface area contributed by atoms with Crippen molar-refractivity contribution in [3.8, 4) is 11.3 Å². The van der Waals surface area contributed by atoms with Gasteiger partial charge in [0.2, 0.25) is 5.95 Å². The molecule has 0 saturated heterocycles. The summed E-state index contributed by atoms with van der Waals surface area (Å²) in [5.74, 6) is -0.0898. The summed E-state index contributed by atoms with van der Waals surface area (Å²) < 4.78 is 16.2. The van der Waals surface area contributed by atoms with Crippen LogP contribution < -0.4 is 0 Å². The highest BCUT2D eigenvalue weighted by Crippen LogP contribution is 2.30. The van der Waals surface area contributed by atoms with Crippen LogP contribution in [0.2, 0.25) is 0 Å². The Morgan fingerprint density at radius 2 is 2.00 bits per heavy atom. The largest absolute Gasteiger partial charge is 0.265 e. The number of hydrogen-bond acceptors (Lipinski definition) is 2. The topological polar surface area (TPSA) is 30.7 Å². The summed E-state index contributed by atoms with van der Waals surface area (Å²) in [6.07, 6.45) is 3.61. The van der Waals surface area contributed by atoms with Crippen molar-refractivity contribution in [3.05, 3.63) is 35.5 Å². The lowest BCUT2D eigenvalue weighted by Gasteiger charge is -2.11. The quantitative estimate of drug-likeness (QED) is 0.766. The maximum absolute atomic E-state index is 14.3. The van der Waals surface area contributed by atoms with Crippen LogP contribution in [-0.2, 0) is 13.0 Å². The van der Waals surface area contributed by atoms with Gasteiger partial charge in [0.25, 0.3) is 0 Å². The zero-order valence-electron chi connectivity index (χ0n) is 12.7. The molecule has 0 fully saturated rings. The summed E-state index contributed by atoms with van der Waals surface area (Å²) in [4.78, 5) is 4.09. The molecular formula is C16H22FN3. The molecule has 0 aliphatic rings. The van der Waals surface area contributed by atoms with Crippen molar-refractivity contribution in [1.29, 1.82) is 0 Å². The third kappa shape index (κ3) is 2.74. The molecule has 108 valence electrons. The fraction of sp³-hybridized carbons (Fsp3) is 0.500. The molecule has 3 nitrogen and oxygen atoms in total. The monoisotopic (exact) mass is 275 g/mol. The highest BCUT2D eigenvalue weighted by atomic mass is 19.1. The second-order valence-corrected chi connectivity index (χ2v) is 5.31. The fourth-order valence-electron chi connectivity index (χ4n) is 2.40. The predicted molar refractivity (Wildman–Crippen MR) is 79.2 cm³/mol. The van der Waals surface area contributed by atoms with Crippen molar-refractivity contribution in [2.24, 2.45) is 0 Å². The van der Waals surface area contributed by atoms with Gasteiger partial charge in [0, 0.05) is 17.8 Å². The first-order chi connectivity index (χ1) is 9.58. The van der Waals surface area contributed by atoms with Gasteiger partial charge in [-0.2, -0.15) is 9.49 Å². The van der Waals surface area contributed by atoms with Gasteiger partial charge in [0.05, 0.1) is 17.5 Å². The molecule has 2 aromatic heterocycles. The number of aromatic nitrogens is 3. The van der Waals surface area contributed by atoms with Crippen molar-refractivity contribution >= 4 is 0 Å².